The van der Waals surface area contributed by atoms with Gasteiger partial charge in [0.1, 0.15) is 0 Å². The lowest BCUT2D eigenvalue weighted by Gasteiger charge is -2.09. The van der Waals surface area contributed by atoms with Crippen LogP contribution in [-0.4, -0.2) is 11.8 Å². The number of carbonyl (C=O) groups is 2. The molecular weight excluding hydrogens is 288 g/mol. The van der Waals surface area contributed by atoms with Crippen LogP contribution in [0, 0.1) is 0 Å². The van der Waals surface area contributed by atoms with Gasteiger partial charge < -0.3 is 10.6 Å². The van der Waals surface area contributed by atoms with Gasteiger partial charge in [0.25, 0.3) is 5.91 Å². The van der Waals surface area contributed by atoms with E-state index < -0.39 is 0 Å². The summed E-state index contributed by atoms with van der Waals surface area (Å²) in [4.78, 5) is 23.9. The van der Waals surface area contributed by atoms with Crippen LogP contribution >= 0.6 is 0 Å². The van der Waals surface area contributed by atoms with Gasteiger partial charge in [-0.25, -0.2) is 0 Å². The van der Waals surface area contributed by atoms with Crippen LogP contribution in [0.15, 0.2) is 66.2 Å². The normalized spacial score (nSPS) is 11.0. The summed E-state index contributed by atoms with van der Waals surface area (Å²) in [5, 5.41) is 5.64. The highest BCUT2D eigenvalue weighted by Crippen LogP contribution is 2.16. The van der Waals surface area contributed by atoms with Gasteiger partial charge in [0.2, 0.25) is 5.91 Å². The first kappa shape index (κ1) is 16.5. The van der Waals surface area contributed by atoms with Crippen molar-refractivity contribution in [2.45, 2.75) is 20.3 Å². The van der Waals surface area contributed by atoms with E-state index in [4.69, 9.17) is 0 Å². The van der Waals surface area contributed by atoms with E-state index in [1.807, 2.05) is 37.3 Å². The number of hydrogen-bond acceptors (Lipinski definition) is 2. The number of allylic oxidation sites excluding steroid dienone is 1. The lowest BCUT2D eigenvalue weighted by atomic mass is 10.1. The maximum Gasteiger partial charge on any atom is 0.250 e. The predicted molar refractivity (Wildman–Crippen MR) is 93.3 cm³/mol. The van der Waals surface area contributed by atoms with E-state index in [1.165, 1.54) is 0 Å². The maximum atomic E-state index is 12.1. The van der Waals surface area contributed by atoms with E-state index in [0.717, 1.165) is 5.56 Å². The summed E-state index contributed by atoms with van der Waals surface area (Å²) in [5.41, 5.74) is 2.90. The van der Waals surface area contributed by atoms with Crippen molar-refractivity contribution in [1.82, 2.24) is 0 Å². The van der Waals surface area contributed by atoms with E-state index in [9.17, 15) is 9.59 Å². The molecule has 0 fully saturated rings. The highest BCUT2D eigenvalue weighted by Gasteiger charge is 2.07. The fourth-order valence-electron chi connectivity index (χ4n) is 2.02. The van der Waals surface area contributed by atoms with Crippen molar-refractivity contribution in [1.29, 1.82) is 0 Å². The summed E-state index contributed by atoms with van der Waals surface area (Å²) in [5.74, 6) is -0.246. The zero-order chi connectivity index (χ0) is 16.7. The van der Waals surface area contributed by atoms with E-state index in [2.05, 4.69) is 10.6 Å². The highest BCUT2D eigenvalue weighted by atomic mass is 16.2. The SMILES string of the molecule is C/C=C(\C)C(=O)Nc1cccc(NC(=O)Cc2ccccc2)c1. The van der Waals surface area contributed by atoms with Crippen LogP contribution in [-0.2, 0) is 16.0 Å². The van der Waals surface area contributed by atoms with Gasteiger partial charge in [0.15, 0.2) is 0 Å². The van der Waals surface area contributed by atoms with Crippen molar-refractivity contribution in [3.05, 3.63) is 71.8 Å². The third kappa shape index (κ3) is 5.11. The number of amides is 2. The molecule has 0 radical (unpaired) electrons. The summed E-state index contributed by atoms with van der Waals surface area (Å²) < 4.78 is 0. The van der Waals surface area contributed by atoms with Crippen LogP contribution in [0.5, 0.6) is 0 Å². The number of anilines is 2. The second kappa shape index (κ2) is 7.94. The van der Waals surface area contributed by atoms with Gasteiger partial charge in [-0.1, -0.05) is 42.5 Å². The molecule has 118 valence electrons. The molecule has 0 saturated heterocycles. The summed E-state index contributed by atoms with van der Waals surface area (Å²) in [6, 6.07) is 16.7. The molecule has 2 aromatic rings. The molecule has 4 heteroatoms. The van der Waals surface area contributed by atoms with Gasteiger partial charge in [-0.3, -0.25) is 9.59 Å². The van der Waals surface area contributed by atoms with Gasteiger partial charge in [-0.15, -0.1) is 0 Å². The monoisotopic (exact) mass is 308 g/mol. The molecule has 4 nitrogen and oxygen atoms in total. The number of nitrogens with one attached hydrogen (secondary N) is 2. The van der Waals surface area contributed by atoms with Gasteiger partial charge in [-0.2, -0.15) is 0 Å². The average molecular weight is 308 g/mol. The molecule has 2 N–H and O–H groups in total. The Kier molecular flexibility index (Phi) is 5.69. The zero-order valence-electron chi connectivity index (χ0n) is 13.3. The fraction of sp³-hybridized carbons (Fsp3) is 0.158. The van der Waals surface area contributed by atoms with Crippen molar-refractivity contribution in [2.24, 2.45) is 0 Å². The van der Waals surface area contributed by atoms with Crippen molar-refractivity contribution < 1.29 is 9.59 Å². The summed E-state index contributed by atoms with van der Waals surface area (Å²) >= 11 is 0. The predicted octanol–water partition coefficient (Wildman–Crippen LogP) is 3.77. The topological polar surface area (TPSA) is 58.2 Å². The molecule has 0 atom stereocenters. The van der Waals surface area contributed by atoms with Crippen LogP contribution in [0.25, 0.3) is 0 Å². The lowest BCUT2D eigenvalue weighted by Crippen LogP contribution is -2.15. The molecule has 0 aliphatic rings. The third-order valence-corrected chi connectivity index (χ3v) is 3.40. The molecule has 0 aromatic heterocycles. The molecule has 2 rings (SSSR count). The van der Waals surface area contributed by atoms with Gasteiger partial charge in [0.05, 0.1) is 6.42 Å². The summed E-state index contributed by atoms with van der Waals surface area (Å²) in [7, 11) is 0. The Balaban J connectivity index is 1.99. The number of benzene rings is 2. The van der Waals surface area contributed by atoms with Gasteiger partial charge in [0, 0.05) is 16.9 Å². The Morgan fingerprint density at radius 3 is 2.26 bits per heavy atom. The largest absolute Gasteiger partial charge is 0.326 e. The first-order valence-electron chi connectivity index (χ1n) is 7.46. The minimum absolute atomic E-state index is 0.0932. The molecule has 23 heavy (non-hydrogen) atoms. The Hall–Kier alpha value is -2.88. The quantitative estimate of drug-likeness (QED) is 0.826. The van der Waals surface area contributed by atoms with Gasteiger partial charge >= 0.3 is 0 Å². The van der Waals surface area contributed by atoms with Crippen molar-refractivity contribution in [2.75, 3.05) is 10.6 Å². The molecule has 0 spiro atoms. The second-order valence-corrected chi connectivity index (χ2v) is 5.22. The van der Waals surface area contributed by atoms with E-state index in [1.54, 1.807) is 37.3 Å². The van der Waals surface area contributed by atoms with Gasteiger partial charge in [-0.05, 0) is 37.6 Å². The molecule has 2 aromatic carbocycles. The third-order valence-electron chi connectivity index (χ3n) is 3.40. The van der Waals surface area contributed by atoms with Crippen LogP contribution in [0.3, 0.4) is 0 Å². The van der Waals surface area contributed by atoms with Crippen molar-refractivity contribution in [3.8, 4) is 0 Å². The van der Waals surface area contributed by atoms with Crippen LogP contribution < -0.4 is 10.6 Å². The van der Waals surface area contributed by atoms with E-state index >= 15 is 0 Å². The standard InChI is InChI=1S/C19H20N2O2/c1-3-14(2)19(23)21-17-11-7-10-16(13-17)20-18(22)12-15-8-5-4-6-9-15/h3-11,13H,12H2,1-2H3,(H,20,22)(H,21,23)/b14-3+. The summed E-state index contributed by atoms with van der Waals surface area (Å²) in [6.07, 6.45) is 2.07. The second-order valence-electron chi connectivity index (χ2n) is 5.22. The molecule has 0 aliphatic carbocycles. The molecule has 0 unspecified atom stereocenters. The average Bonchev–Trinajstić information content (AvgIpc) is 2.55. The minimum Gasteiger partial charge on any atom is -0.326 e. The fourth-order valence-corrected chi connectivity index (χ4v) is 2.02. The molecular formula is C19H20N2O2. The van der Waals surface area contributed by atoms with Crippen LogP contribution in [0.1, 0.15) is 19.4 Å². The zero-order valence-corrected chi connectivity index (χ0v) is 13.3. The first-order valence-corrected chi connectivity index (χ1v) is 7.46. The Morgan fingerprint density at radius 1 is 0.957 bits per heavy atom. The molecule has 2 amide bonds. The van der Waals surface area contributed by atoms with Crippen LogP contribution in [0.4, 0.5) is 11.4 Å². The lowest BCUT2D eigenvalue weighted by molar-refractivity contribution is -0.115. The van der Waals surface area contributed by atoms with E-state index in [0.29, 0.717) is 23.4 Å². The Morgan fingerprint density at radius 2 is 1.61 bits per heavy atom. The van der Waals surface area contributed by atoms with Crippen molar-refractivity contribution in [3.63, 3.8) is 0 Å². The summed E-state index contributed by atoms with van der Waals surface area (Å²) in [6.45, 7) is 3.57. The van der Waals surface area contributed by atoms with Crippen LogP contribution in [0.2, 0.25) is 0 Å². The molecule has 0 bridgehead atoms. The molecule has 0 heterocycles. The first-order chi connectivity index (χ1) is 11.1. The highest BCUT2D eigenvalue weighted by molar-refractivity contribution is 6.03. The molecule has 0 aliphatic heterocycles. The Labute approximate surface area is 136 Å². The van der Waals surface area contributed by atoms with E-state index in [-0.39, 0.29) is 11.8 Å². The molecule has 0 saturated carbocycles. The number of hydrogen-bond donors (Lipinski definition) is 2. The maximum absolute atomic E-state index is 12.1. The number of rotatable bonds is 5. The Bertz CT molecular complexity index is 721. The minimum atomic E-state index is -0.153. The van der Waals surface area contributed by atoms with Crippen molar-refractivity contribution >= 4 is 23.2 Å². The smallest absolute Gasteiger partial charge is 0.250 e. The number of carbonyl (C=O) groups excluding carboxylic acids is 2.